The highest BCUT2D eigenvalue weighted by atomic mass is 35.5. The first-order chi connectivity index (χ1) is 15.0. The van der Waals surface area contributed by atoms with Crippen LogP contribution in [-0.4, -0.2) is 16.6 Å². The molecule has 1 heterocycles. The van der Waals surface area contributed by atoms with Crippen LogP contribution in [0.1, 0.15) is 23.0 Å². The molecule has 0 radical (unpaired) electrons. The van der Waals surface area contributed by atoms with Gasteiger partial charge in [-0.15, -0.1) is 0 Å². The van der Waals surface area contributed by atoms with E-state index in [4.69, 9.17) is 11.6 Å². The molecule has 4 aromatic rings. The van der Waals surface area contributed by atoms with Gasteiger partial charge in [-0.2, -0.15) is 8.78 Å². The van der Waals surface area contributed by atoms with Crippen molar-refractivity contribution in [1.29, 1.82) is 0 Å². The lowest BCUT2D eigenvalue weighted by Crippen LogP contribution is -2.25. The molecule has 0 saturated heterocycles. The fourth-order valence-corrected chi connectivity index (χ4v) is 3.53. The minimum absolute atomic E-state index is 0.0861. The fraction of sp³-hybridized carbons (Fsp3) is 0.130. The number of alkyl halides is 2. The molecule has 5 nitrogen and oxygen atoms in total. The second kappa shape index (κ2) is 9.24. The van der Waals surface area contributed by atoms with Gasteiger partial charge in [0.15, 0.2) is 0 Å². The molecule has 0 aliphatic rings. The van der Waals surface area contributed by atoms with Crippen molar-refractivity contribution in [2.45, 2.75) is 19.2 Å². The zero-order valence-corrected chi connectivity index (χ0v) is 16.9. The Morgan fingerprint density at radius 1 is 1.00 bits per heavy atom. The van der Waals surface area contributed by atoms with Crippen LogP contribution in [0.5, 0.6) is 5.75 Å². The van der Waals surface area contributed by atoms with E-state index < -0.39 is 6.61 Å². The third kappa shape index (κ3) is 5.07. The van der Waals surface area contributed by atoms with E-state index in [2.05, 4.69) is 20.0 Å². The second-order valence-corrected chi connectivity index (χ2v) is 7.28. The zero-order valence-electron chi connectivity index (χ0n) is 16.2. The van der Waals surface area contributed by atoms with Crippen molar-refractivity contribution in [3.63, 3.8) is 0 Å². The summed E-state index contributed by atoms with van der Waals surface area (Å²) < 4.78 is 29.3. The summed E-state index contributed by atoms with van der Waals surface area (Å²) in [6.07, 6.45) is 0. The fourth-order valence-electron chi connectivity index (χ4n) is 3.36. The number of hydrogen-bond donors (Lipinski definition) is 2. The molecule has 0 bridgehead atoms. The van der Waals surface area contributed by atoms with E-state index in [1.54, 1.807) is 30.3 Å². The maximum absolute atomic E-state index is 12.4. The van der Waals surface area contributed by atoms with E-state index in [0.717, 1.165) is 11.1 Å². The monoisotopic (exact) mass is 441 g/mol. The summed E-state index contributed by atoms with van der Waals surface area (Å²) in [4.78, 5) is 19.7. The summed E-state index contributed by atoms with van der Waals surface area (Å²) in [7, 11) is 0. The molecule has 0 aliphatic heterocycles. The molecule has 0 unspecified atom stereocenters. The van der Waals surface area contributed by atoms with Crippen molar-refractivity contribution < 1.29 is 13.5 Å². The number of nitrogens with one attached hydrogen (secondary N) is 2. The summed E-state index contributed by atoms with van der Waals surface area (Å²) in [6.45, 7) is -2.61. The molecule has 158 valence electrons. The topological polar surface area (TPSA) is 67.0 Å². The van der Waals surface area contributed by atoms with Gasteiger partial charge < -0.3 is 9.72 Å². The summed E-state index contributed by atoms with van der Waals surface area (Å²) in [5.41, 5.74) is 2.08. The lowest BCUT2D eigenvalue weighted by molar-refractivity contribution is -0.0498. The largest absolute Gasteiger partial charge is 0.435 e. The predicted molar refractivity (Wildman–Crippen MR) is 116 cm³/mol. The Balaban J connectivity index is 1.61. The van der Waals surface area contributed by atoms with Crippen LogP contribution in [0.3, 0.4) is 0 Å². The van der Waals surface area contributed by atoms with Crippen molar-refractivity contribution in [1.82, 2.24) is 15.3 Å². The van der Waals surface area contributed by atoms with E-state index in [1.165, 1.54) is 12.1 Å². The Hall–Kier alpha value is -3.29. The Labute approximate surface area is 181 Å². The second-order valence-electron chi connectivity index (χ2n) is 6.85. The van der Waals surface area contributed by atoms with Crippen molar-refractivity contribution in [3.05, 3.63) is 105 Å². The molecule has 4 rings (SSSR count). The van der Waals surface area contributed by atoms with Gasteiger partial charge in [-0.25, -0.2) is 4.98 Å². The minimum Gasteiger partial charge on any atom is -0.435 e. The number of fused-ring (bicyclic) bond motifs is 1. The Kier molecular flexibility index (Phi) is 6.25. The number of rotatable bonds is 7. The molecule has 0 spiro atoms. The number of nitrogens with zero attached hydrogens (tertiary/aromatic N) is 1. The van der Waals surface area contributed by atoms with Gasteiger partial charge in [0, 0.05) is 5.02 Å². The first-order valence-electron chi connectivity index (χ1n) is 9.51. The SMILES string of the molecule is O=c1[nH]c(CN[C@H](c2ccccc2)c2ccc(OC(F)F)cc2)nc2cc(Cl)ccc12. The smallest absolute Gasteiger partial charge is 0.387 e. The molecule has 0 amide bonds. The van der Waals surface area contributed by atoms with Gasteiger partial charge in [0.2, 0.25) is 0 Å². The van der Waals surface area contributed by atoms with E-state index in [0.29, 0.717) is 21.7 Å². The third-order valence-corrected chi connectivity index (χ3v) is 5.00. The van der Waals surface area contributed by atoms with Gasteiger partial charge in [0.25, 0.3) is 5.56 Å². The predicted octanol–water partition coefficient (Wildman–Crippen LogP) is 5.06. The van der Waals surface area contributed by atoms with E-state index >= 15 is 0 Å². The number of aromatic amines is 1. The molecule has 0 saturated carbocycles. The van der Waals surface area contributed by atoms with Crippen LogP contribution in [-0.2, 0) is 6.54 Å². The maximum Gasteiger partial charge on any atom is 0.387 e. The number of benzene rings is 3. The molecule has 31 heavy (non-hydrogen) atoms. The van der Waals surface area contributed by atoms with Crippen molar-refractivity contribution in [3.8, 4) is 5.75 Å². The Morgan fingerprint density at radius 3 is 2.42 bits per heavy atom. The van der Waals surface area contributed by atoms with E-state index in [1.807, 2.05) is 30.3 Å². The normalized spacial score (nSPS) is 12.3. The first kappa shape index (κ1) is 21.0. The number of hydrogen-bond acceptors (Lipinski definition) is 4. The molecule has 1 aromatic heterocycles. The minimum atomic E-state index is -2.88. The summed E-state index contributed by atoms with van der Waals surface area (Å²) in [5.74, 6) is 0.543. The van der Waals surface area contributed by atoms with Gasteiger partial charge >= 0.3 is 6.61 Å². The first-order valence-corrected chi connectivity index (χ1v) is 9.89. The van der Waals surface area contributed by atoms with E-state index in [-0.39, 0.29) is 23.9 Å². The quantitative estimate of drug-likeness (QED) is 0.421. The highest BCUT2D eigenvalue weighted by molar-refractivity contribution is 6.31. The molecule has 3 aromatic carbocycles. The summed E-state index contributed by atoms with van der Waals surface area (Å²) >= 11 is 6.03. The molecule has 0 fully saturated rings. The number of H-pyrrole nitrogens is 1. The third-order valence-electron chi connectivity index (χ3n) is 4.76. The van der Waals surface area contributed by atoms with Crippen LogP contribution >= 0.6 is 11.6 Å². The molecule has 1 atom stereocenters. The van der Waals surface area contributed by atoms with Crippen molar-refractivity contribution >= 4 is 22.5 Å². The molecular weight excluding hydrogens is 424 g/mol. The Morgan fingerprint density at radius 2 is 1.71 bits per heavy atom. The highest BCUT2D eigenvalue weighted by Crippen LogP contribution is 2.25. The van der Waals surface area contributed by atoms with Gasteiger partial charge in [0.05, 0.1) is 23.5 Å². The van der Waals surface area contributed by atoms with Crippen LogP contribution in [0.15, 0.2) is 77.6 Å². The summed E-state index contributed by atoms with van der Waals surface area (Å²) in [5, 5.41) is 4.34. The van der Waals surface area contributed by atoms with Crippen LogP contribution in [0.2, 0.25) is 5.02 Å². The van der Waals surface area contributed by atoms with Crippen molar-refractivity contribution in [2.24, 2.45) is 0 Å². The Bertz CT molecular complexity index is 1230. The summed E-state index contributed by atoms with van der Waals surface area (Å²) in [6, 6.07) is 20.7. The number of aromatic nitrogens is 2. The van der Waals surface area contributed by atoms with Gasteiger partial charge in [-0.05, 0) is 41.5 Å². The lowest BCUT2D eigenvalue weighted by atomic mass is 9.98. The zero-order chi connectivity index (χ0) is 21.8. The van der Waals surface area contributed by atoms with Gasteiger partial charge in [-0.3, -0.25) is 10.1 Å². The lowest BCUT2D eigenvalue weighted by Gasteiger charge is -2.20. The van der Waals surface area contributed by atoms with Crippen LogP contribution in [0.25, 0.3) is 10.9 Å². The molecule has 2 N–H and O–H groups in total. The van der Waals surface area contributed by atoms with Gasteiger partial charge in [-0.1, -0.05) is 54.1 Å². The molecule has 0 aliphatic carbocycles. The standard InChI is InChI=1S/C23H18ClF2N3O2/c24-16-8-11-18-19(12-16)28-20(29-22(18)30)13-27-21(14-4-2-1-3-5-14)15-6-9-17(10-7-15)31-23(25)26/h1-12,21,23,27H,13H2,(H,28,29,30)/t21-/m1/s1. The molecule has 8 heteroatoms. The van der Waals surface area contributed by atoms with Gasteiger partial charge in [0.1, 0.15) is 11.6 Å². The number of ether oxygens (including phenoxy) is 1. The maximum atomic E-state index is 12.4. The van der Waals surface area contributed by atoms with Crippen molar-refractivity contribution in [2.75, 3.05) is 0 Å². The van der Waals surface area contributed by atoms with Crippen LogP contribution in [0, 0.1) is 0 Å². The average Bonchev–Trinajstić information content (AvgIpc) is 2.75. The van der Waals surface area contributed by atoms with Crippen LogP contribution in [0.4, 0.5) is 8.78 Å². The average molecular weight is 442 g/mol. The number of halogens is 3. The highest BCUT2D eigenvalue weighted by Gasteiger charge is 2.15. The van der Waals surface area contributed by atoms with E-state index in [9.17, 15) is 13.6 Å². The van der Waals surface area contributed by atoms with Crippen LogP contribution < -0.4 is 15.6 Å². The molecular formula is C23H18ClF2N3O2.